The Balaban J connectivity index is 0.00000128. The Labute approximate surface area is 122 Å². The summed E-state index contributed by atoms with van der Waals surface area (Å²) < 4.78 is 5.32. The molecule has 1 aliphatic rings. The van der Waals surface area contributed by atoms with Crippen LogP contribution in [0, 0.1) is 0 Å². The number of nitrogens with one attached hydrogen (secondary N) is 1. The molecule has 2 rings (SSSR count). The molecule has 5 heteroatoms. The fourth-order valence-corrected chi connectivity index (χ4v) is 2.42. The molecule has 3 nitrogen and oxygen atoms in total. The summed E-state index contributed by atoms with van der Waals surface area (Å²) in [6, 6.07) is 3.77. The van der Waals surface area contributed by atoms with Gasteiger partial charge < -0.3 is 4.74 Å². The second-order valence-electron chi connectivity index (χ2n) is 3.77. The van der Waals surface area contributed by atoms with Crippen LogP contribution in [0.15, 0.2) is 17.5 Å². The average Bonchev–Trinajstić information content (AvgIpc) is 2.71. The van der Waals surface area contributed by atoms with Crippen LogP contribution in [-0.2, 0) is 4.74 Å². The fraction of sp³-hybridized carbons (Fsp3) is 0.545. The summed E-state index contributed by atoms with van der Waals surface area (Å²) in [7, 11) is 0. The van der Waals surface area contributed by atoms with Crippen molar-refractivity contribution in [3.8, 4) is 0 Å². The Bertz CT molecular complexity index is 310. The van der Waals surface area contributed by atoms with Crippen LogP contribution in [0.2, 0.25) is 0 Å². The zero-order chi connectivity index (χ0) is 10.5. The van der Waals surface area contributed by atoms with Gasteiger partial charge in [0.15, 0.2) is 0 Å². The molecule has 16 heavy (non-hydrogen) atoms. The number of ether oxygens (including phenoxy) is 1. The molecule has 83 valence electrons. The zero-order valence-corrected chi connectivity index (χ0v) is 12.4. The molecular formula is C11H15NNaO2S. The van der Waals surface area contributed by atoms with Gasteiger partial charge in [0.25, 0.3) is 0 Å². The number of hydrogen-bond acceptors (Lipinski definition) is 3. The number of amides is 1. The standard InChI is InChI=1S/C11H15NO2S.Na/c13-11(12-10-7-4-8-15-10)14-9-5-2-1-3-6-9;/h4,7-9H,1-3,5-6H2,(H,12,13);. The van der Waals surface area contributed by atoms with Gasteiger partial charge in [-0.2, -0.15) is 0 Å². The Morgan fingerprint density at radius 2 is 2.12 bits per heavy atom. The topological polar surface area (TPSA) is 38.3 Å². The molecule has 0 bridgehead atoms. The normalized spacial score (nSPS) is 16.2. The van der Waals surface area contributed by atoms with Crippen LogP contribution in [0.3, 0.4) is 0 Å². The molecule has 1 saturated carbocycles. The van der Waals surface area contributed by atoms with E-state index in [2.05, 4.69) is 5.32 Å². The van der Waals surface area contributed by atoms with Crippen molar-refractivity contribution in [3.05, 3.63) is 17.5 Å². The first-order valence-electron chi connectivity index (χ1n) is 5.36. The van der Waals surface area contributed by atoms with Gasteiger partial charge in [0, 0.05) is 29.6 Å². The van der Waals surface area contributed by atoms with Crippen molar-refractivity contribution in [2.24, 2.45) is 0 Å². The van der Waals surface area contributed by atoms with E-state index < -0.39 is 0 Å². The summed E-state index contributed by atoms with van der Waals surface area (Å²) >= 11 is 1.50. The summed E-state index contributed by atoms with van der Waals surface area (Å²) in [5.41, 5.74) is 0. The largest absolute Gasteiger partial charge is 0.446 e. The Kier molecular flexibility index (Phi) is 6.43. The molecular weight excluding hydrogens is 233 g/mol. The molecule has 0 unspecified atom stereocenters. The van der Waals surface area contributed by atoms with Gasteiger partial charge in [0.2, 0.25) is 0 Å². The van der Waals surface area contributed by atoms with Crippen molar-refractivity contribution in [2.45, 2.75) is 38.2 Å². The Hall–Kier alpha value is -0.0300. The van der Waals surface area contributed by atoms with E-state index in [1.165, 1.54) is 30.6 Å². The molecule has 1 aliphatic carbocycles. The van der Waals surface area contributed by atoms with Crippen molar-refractivity contribution < 1.29 is 9.53 Å². The van der Waals surface area contributed by atoms with Gasteiger partial charge in [0.1, 0.15) is 6.10 Å². The molecule has 0 spiro atoms. The maximum atomic E-state index is 11.5. The van der Waals surface area contributed by atoms with Crippen molar-refractivity contribution in [3.63, 3.8) is 0 Å². The van der Waals surface area contributed by atoms with Crippen LogP contribution >= 0.6 is 11.3 Å². The summed E-state index contributed by atoms with van der Waals surface area (Å²) in [4.78, 5) is 11.5. The zero-order valence-electron chi connectivity index (χ0n) is 9.57. The maximum absolute atomic E-state index is 11.5. The van der Waals surface area contributed by atoms with Crippen LogP contribution < -0.4 is 5.32 Å². The van der Waals surface area contributed by atoms with E-state index in [9.17, 15) is 4.79 Å². The summed E-state index contributed by atoms with van der Waals surface area (Å²) in [6.45, 7) is 0. The molecule has 0 saturated heterocycles. The number of rotatable bonds is 2. The molecule has 0 aliphatic heterocycles. The van der Waals surface area contributed by atoms with E-state index in [0.29, 0.717) is 0 Å². The van der Waals surface area contributed by atoms with Gasteiger partial charge in [0.05, 0.1) is 5.00 Å². The number of anilines is 1. The first-order valence-corrected chi connectivity index (χ1v) is 6.24. The number of thiophene rings is 1. The van der Waals surface area contributed by atoms with Crippen molar-refractivity contribution in [1.29, 1.82) is 0 Å². The Morgan fingerprint density at radius 3 is 2.75 bits per heavy atom. The number of hydrogen-bond donors (Lipinski definition) is 1. The van der Waals surface area contributed by atoms with Gasteiger partial charge in [-0.25, -0.2) is 4.79 Å². The molecule has 1 N–H and O–H groups in total. The van der Waals surface area contributed by atoms with Crippen molar-refractivity contribution in [2.75, 3.05) is 5.32 Å². The molecule has 1 heterocycles. The fourth-order valence-electron chi connectivity index (χ4n) is 1.81. The molecule has 1 radical (unpaired) electrons. The smallest absolute Gasteiger partial charge is 0.412 e. The predicted molar refractivity (Wildman–Crippen MR) is 67.0 cm³/mol. The molecule has 0 aromatic carbocycles. The first kappa shape index (κ1) is 14.0. The number of carbonyl (C=O) groups is 1. The third-order valence-corrected chi connectivity index (χ3v) is 3.36. The van der Waals surface area contributed by atoms with Crippen LogP contribution in [0.25, 0.3) is 0 Å². The van der Waals surface area contributed by atoms with E-state index in [1.54, 1.807) is 0 Å². The average molecular weight is 248 g/mol. The predicted octanol–water partition coefficient (Wildman–Crippen LogP) is 3.25. The number of carbonyl (C=O) groups excluding carboxylic acids is 1. The summed E-state index contributed by atoms with van der Waals surface area (Å²) in [5.74, 6) is 0. The quantitative estimate of drug-likeness (QED) is 0.816. The minimum Gasteiger partial charge on any atom is -0.446 e. The van der Waals surface area contributed by atoms with Crippen LogP contribution in [0.1, 0.15) is 32.1 Å². The van der Waals surface area contributed by atoms with E-state index in [1.807, 2.05) is 17.5 Å². The molecule has 0 atom stereocenters. The van der Waals surface area contributed by atoms with Gasteiger partial charge in [-0.3, -0.25) is 5.32 Å². The SMILES string of the molecule is O=C(Nc1cccs1)OC1CCCCC1.[Na]. The summed E-state index contributed by atoms with van der Waals surface area (Å²) in [5, 5.41) is 5.50. The minimum atomic E-state index is -0.315. The van der Waals surface area contributed by atoms with E-state index in [-0.39, 0.29) is 41.8 Å². The molecule has 1 aromatic heterocycles. The van der Waals surface area contributed by atoms with Crippen molar-refractivity contribution in [1.82, 2.24) is 0 Å². The second-order valence-corrected chi connectivity index (χ2v) is 4.72. The monoisotopic (exact) mass is 248 g/mol. The van der Waals surface area contributed by atoms with Crippen molar-refractivity contribution >= 4 is 52.0 Å². The maximum Gasteiger partial charge on any atom is 0.412 e. The minimum absolute atomic E-state index is 0. The van der Waals surface area contributed by atoms with E-state index >= 15 is 0 Å². The third kappa shape index (κ3) is 4.45. The van der Waals surface area contributed by atoms with Gasteiger partial charge in [-0.15, -0.1) is 11.3 Å². The molecule has 1 amide bonds. The molecule has 1 aromatic rings. The van der Waals surface area contributed by atoms with E-state index in [0.717, 1.165) is 17.8 Å². The van der Waals surface area contributed by atoms with Gasteiger partial charge >= 0.3 is 6.09 Å². The third-order valence-electron chi connectivity index (χ3n) is 2.57. The van der Waals surface area contributed by atoms with Crippen LogP contribution in [-0.4, -0.2) is 41.8 Å². The summed E-state index contributed by atoms with van der Waals surface area (Å²) in [6.07, 6.45) is 5.46. The second kappa shape index (κ2) is 7.33. The van der Waals surface area contributed by atoms with Gasteiger partial charge in [-0.05, 0) is 43.2 Å². The van der Waals surface area contributed by atoms with Gasteiger partial charge in [-0.1, -0.05) is 6.42 Å². The molecule has 1 fully saturated rings. The first-order chi connectivity index (χ1) is 7.34. The van der Waals surface area contributed by atoms with Crippen LogP contribution in [0.5, 0.6) is 0 Å². The van der Waals surface area contributed by atoms with Crippen LogP contribution in [0.4, 0.5) is 9.80 Å². The van der Waals surface area contributed by atoms with E-state index in [4.69, 9.17) is 4.74 Å². The Morgan fingerprint density at radius 1 is 1.38 bits per heavy atom.